The fourth-order valence-electron chi connectivity index (χ4n) is 2.39. The van der Waals surface area contributed by atoms with Crippen molar-refractivity contribution in [2.45, 2.75) is 52.1 Å². The highest BCUT2D eigenvalue weighted by Gasteiger charge is 2.13. The quantitative estimate of drug-likeness (QED) is 0.572. The lowest BCUT2D eigenvalue weighted by atomic mass is 10.0. The van der Waals surface area contributed by atoms with Gasteiger partial charge in [-0.05, 0) is 38.0 Å². The molecule has 0 spiro atoms. The third-order valence-electron chi connectivity index (χ3n) is 3.59. The van der Waals surface area contributed by atoms with Crippen LogP contribution >= 0.6 is 0 Å². The Labute approximate surface area is 120 Å². The van der Waals surface area contributed by atoms with Gasteiger partial charge in [-0.1, -0.05) is 6.92 Å². The summed E-state index contributed by atoms with van der Waals surface area (Å²) in [6.07, 6.45) is 5.40. The van der Waals surface area contributed by atoms with Gasteiger partial charge in [0.05, 0.1) is 12.0 Å². The molecule has 0 fully saturated rings. The summed E-state index contributed by atoms with van der Waals surface area (Å²) in [5.41, 5.74) is 5.29. The summed E-state index contributed by atoms with van der Waals surface area (Å²) in [6, 6.07) is 6.33. The lowest BCUT2D eigenvalue weighted by Crippen LogP contribution is -2.37. The Balaban J connectivity index is 1.96. The average Bonchev–Trinajstić information content (AvgIpc) is 3.12. The fourth-order valence-corrected chi connectivity index (χ4v) is 2.39. The van der Waals surface area contributed by atoms with Crippen LogP contribution in [0.5, 0.6) is 0 Å². The molecule has 0 aliphatic heterocycles. The van der Waals surface area contributed by atoms with E-state index < -0.39 is 0 Å². The van der Waals surface area contributed by atoms with Gasteiger partial charge in [-0.3, -0.25) is 16.0 Å². The van der Waals surface area contributed by atoms with E-state index in [1.54, 1.807) is 6.26 Å². The molecule has 0 saturated carbocycles. The van der Waals surface area contributed by atoms with Crippen molar-refractivity contribution in [3.8, 4) is 0 Å². The third-order valence-corrected chi connectivity index (χ3v) is 3.59. The SMILES string of the molecule is CCc1cc(CC(CCc2ccco2)NN)n(CC)n1. The Hall–Kier alpha value is -1.59. The van der Waals surface area contributed by atoms with Gasteiger partial charge in [0.1, 0.15) is 5.76 Å². The smallest absolute Gasteiger partial charge is 0.103 e. The van der Waals surface area contributed by atoms with Gasteiger partial charge in [0.15, 0.2) is 0 Å². The van der Waals surface area contributed by atoms with Gasteiger partial charge >= 0.3 is 0 Å². The highest BCUT2D eigenvalue weighted by molar-refractivity contribution is 5.12. The number of nitrogens with zero attached hydrogens (tertiary/aromatic N) is 2. The number of hydrogen-bond acceptors (Lipinski definition) is 4. The van der Waals surface area contributed by atoms with Crippen LogP contribution in [0.4, 0.5) is 0 Å². The zero-order chi connectivity index (χ0) is 14.4. The maximum atomic E-state index is 5.68. The molecule has 0 saturated heterocycles. The topological polar surface area (TPSA) is 69.0 Å². The average molecular weight is 276 g/mol. The second-order valence-electron chi connectivity index (χ2n) is 4.98. The van der Waals surface area contributed by atoms with Crippen LogP contribution in [0.25, 0.3) is 0 Å². The maximum absolute atomic E-state index is 5.68. The first-order valence-electron chi connectivity index (χ1n) is 7.30. The van der Waals surface area contributed by atoms with Crippen molar-refractivity contribution in [3.05, 3.63) is 41.6 Å². The molecule has 3 N–H and O–H groups in total. The number of furan rings is 1. The van der Waals surface area contributed by atoms with Crippen LogP contribution in [-0.4, -0.2) is 15.8 Å². The largest absolute Gasteiger partial charge is 0.469 e. The zero-order valence-electron chi connectivity index (χ0n) is 12.3. The molecule has 0 radical (unpaired) electrons. The first-order valence-corrected chi connectivity index (χ1v) is 7.30. The van der Waals surface area contributed by atoms with Gasteiger partial charge in [0.25, 0.3) is 0 Å². The number of hydrazine groups is 1. The van der Waals surface area contributed by atoms with E-state index >= 15 is 0 Å². The molecule has 0 amide bonds. The highest BCUT2D eigenvalue weighted by Crippen LogP contribution is 2.12. The number of nitrogens with one attached hydrogen (secondary N) is 1. The van der Waals surface area contributed by atoms with Crippen LogP contribution < -0.4 is 11.3 Å². The predicted molar refractivity (Wildman–Crippen MR) is 79.1 cm³/mol. The van der Waals surface area contributed by atoms with Gasteiger partial charge in [-0.25, -0.2) is 0 Å². The summed E-state index contributed by atoms with van der Waals surface area (Å²) in [6.45, 7) is 5.14. The number of nitrogens with two attached hydrogens (primary N) is 1. The molecule has 1 unspecified atom stereocenters. The Kier molecular flexibility index (Phi) is 5.38. The zero-order valence-corrected chi connectivity index (χ0v) is 12.3. The minimum Gasteiger partial charge on any atom is -0.469 e. The molecule has 20 heavy (non-hydrogen) atoms. The molecule has 110 valence electrons. The van der Waals surface area contributed by atoms with Crippen molar-refractivity contribution in [3.63, 3.8) is 0 Å². The molecule has 1 atom stereocenters. The normalized spacial score (nSPS) is 12.8. The van der Waals surface area contributed by atoms with E-state index in [-0.39, 0.29) is 6.04 Å². The molecule has 2 aromatic heterocycles. The summed E-state index contributed by atoms with van der Waals surface area (Å²) < 4.78 is 7.42. The second-order valence-corrected chi connectivity index (χ2v) is 4.98. The fraction of sp³-hybridized carbons (Fsp3) is 0.533. The molecule has 2 rings (SSSR count). The van der Waals surface area contributed by atoms with Gasteiger partial charge in [0.2, 0.25) is 0 Å². The highest BCUT2D eigenvalue weighted by atomic mass is 16.3. The van der Waals surface area contributed by atoms with E-state index in [1.165, 1.54) is 5.69 Å². The number of rotatable bonds is 8. The van der Waals surface area contributed by atoms with E-state index in [1.807, 2.05) is 12.1 Å². The first-order chi connectivity index (χ1) is 9.76. The van der Waals surface area contributed by atoms with Crippen molar-refractivity contribution in [1.29, 1.82) is 0 Å². The molecule has 5 nitrogen and oxygen atoms in total. The monoisotopic (exact) mass is 276 g/mol. The Morgan fingerprint density at radius 3 is 2.90 bits per heavy atom. The lowest BCUT2D eigenvalue weighted by Gasteiger charge is -2.15. The Bertz CT molecular complexity index is 504. The van der Waals surface area contributed by atoms with Crippen molar-refractivity contribution in [1.82, 2.24) is 15.2 Å². The minimum atomic E-state index is 0.229. The van der Waals surface area contributed by atoms with Crippen LogP contribution in [0.15, 0.2) is 28.9 Å². The standard InChI is InChI=1S/C15H24N4O/c1-3-12-10-14(19(4-2)18-12)11-13(17-16)7-8-15-6-5-9-20-15/h5-6,9-10,13,17H,3-4,7-8,11,16H2,1-2H3. The molecule has 0 aliphatic rings. The second kappa shape index (κ2) is 7.26. The maximum Gasteiger partial charge on any atom is 0.103 e. The molecule has 5 heteroatoms. The van der Waals surface area contributed by atoms with Crippen LogP contribution in [0.2, 0.25) is 0 Å². The van der Waals surface area contributed by atoms with Crippen molar-refractivity contribution >= 4 is 0 Å². The lowest BCUT2D eigenvalue weighted by molar-refractivity contribution is 0.438. The summed E-state index contributed by atoms with van der Waals surface area (Å²) in [7, 11) is 0. The van der Waals surface area contributed by atoms with E-state index in [0.717, 1.165) is 43.7 Å². The van der Waals surface area contributed by atoms with Gasteiger partial charge in [-0.2, -0.15) is 5.10 Å². The first kappa shape index (κ1) is 14.8. The van der Waals surface area contributed by atoms with Crippen molar-refractivity contribution in [2.75, 3.05) is 0 Å². The molecule has 0 aromatic carbocycles. The summed E-state index contributed by atoms with van der Waals surface area (Å²) in [5, 5.41) is 4.57. The minimum absolute atomic E-state index is 0.229. The summed E-state index contributed by atoms with van der Waals surface area (Å²) >= 11 is 0. The molecule has 0 aliphatic carbocycles. The van der Waals surface area contributed by atoms with E-state index in [2.05, 4.69) is 35.1 Å². The van der Waals surface area contributed by atoms with Crippen LogP contribution in [0.1, 0.15) is 37.4 Å². The molecule has 0 bridgehead atoms. The molecule has 2 heterocycles. The molecular formula is C15H24N4O. The predicted octanol–water partition coefficient (Wildman–Crippen LogP) is 2.07. The van der Waals surface area contributed by atoms with E-state index in [0.29, 0.717) is 0 Å². The number of aryl methyl sites for hydroxylation is 3. The number of hydrogen-bond donors (Lipinski definition) is 2. The molecular weight excluding hydrogens is 252 g/mol. The summed E-state index contributed by atoms with van der Waals surface area (Å²) in [5.74, 6) is 6.68. The van der Waals surface area contributed by atoms with E-state index in [4.69, 9.17) is 10.3 Å². The Morgan fingerprint density at radius 1 is 1.45 bits per heavy atom. The van der Waals surface area contributed by atoms with Crippen LogP contribution in [0.3, 0.4) is 0 Å². The van der Waals surface area contributed by atoms with Crippen LogP contribution in [0, 0.1) is 0 Å². The van der Waals surface area contributed by atoms with Gasteiger partial charge in [-0.15, -0.1) is 0 Å². The van der Waals surface area contributed by atoms with Crippen LogP contribution in [-0.2, 0) is 25.8 Å². The molecule has 2 aromatic rings. The summed E-state index contributed by atoms with van der Waals surface area (Å²) in [4.78, 5) is 0. The van der Waals surface area contributed by atoms with Gasteiger partial charge in [0, 0.05) is 31.1 Å². The third kappa shape index (κ3) is 3.71. The van der Waals surface area contributed by atoms with Crippen molar-refractivity contribution in [2.24, 2.45) is 5.84 Å². The number of aromatic nitrogens is 2. The van der Waals surface area contributed by atoms with E-state index in [9.17, 15) is 0 Å². The van der Waals surface area contributed by atoms with Crippen molar-refractivity contribution < 1.29 is 4.42 Å². The van der Waals surface area contributed by atoms with Gasteiger partial charge < -0.3 is 4.42 Å². The Morgan fingerprint density at radius 2 is 2.30 bits per heavy atom.